The topological polar surface area (TPSA) is 60.5 Å². The average molecular weight is 459 g/mol. The first-order valence-electron chi connectivity index (χ1n) is 10.7. The summed E-state index contributed by atoms with van der Waals surface area (Å²) >= 11 is 1.51. The van der Waals surface area contributed by atoms with Crippen LogP contribution in [0.1, 0.15) is 22.7 Å². The molecule has 1 heterocycles. The second-order valence-corrected chi connectivity index (χ2v) is 8.43. The molecule has 33 heavy (non-hydrogen) atoms. The van der Waals surface area contributed by atoms with Crippen LogP contribution in [0.15, 0.2) is 84.2 Å². The third-order valence-electron chi connectivity index (χ3n) is 5.43. The van der Waals surface area contributed by atoms with E-state index in [1.165, 1.54) is 22.5 Å². The van der Waals surface area contributed by atoms with E-state index in [-0.39, 0.29) is 18.2 Å². The van der Waals surface area contributed by atoms with Gasteiger partial charge in [0, 0.05) is 23.4 Å². The Morgan fingerprint density at radius 2 is 1.55 bits per heavy atom. The molecule has 0 aliphatic heterocycles. The van der Waals surface area contributed by atoms with Gasteiger partial charge in [0.1, 0.15) is 5.01 Å². The van der Waals surface area contributed by atoms with Crippen molar-refractivity contribution in [2.24, 2.45) is 0 Å². The van der Waals surface area contributed by atoms with Crippen molar-refractivity contribution in [3.05, 3.63) is 101 Å². The molecule has 0 saturated carbocycles. The number of carbonyl (C=O) groups is 1. The number of nitrogens with zero attached hydrogens (tertiary/aromatic N) is 1. The second-order valence-electron chi connectivity index (χ2n) is 7.57. The van der Waals surface area contributed by atoms with Crippen LogP contribution in [0.5, 0.6) is 11.5 Å². The van der Waals surface area contributed by atoms with Gasteiger partial charge in [0.15, 0.2) is 11.5 Å². The first-order valence-corrected chi connectivity index (χ1v) is 11.6. The zero-order chi connectivity index (χ0) is 23.0. The Morgan fingerprint density at radius 3 is 2.15 bits per heavy atom. The van der Waals surface area contributed by atoms with Gasteiger partial charge in [-0.1, -0.05) is 60.7 Å². The molecule has 1 N–H and O–H groups in total. The molecule has 0 bridgehead atoms. The van der Waals surface area contributed by atoms with E-state index in [0.717, 1.165) is 16.3 Å². The van der Waals surface area contributed by atoms with Crippen molar-refractivity contribution in [1.82, 2.24) is 10.3 Å². The summed E-state index contributed by atoms with van der Waals surface area (Å²) in [4.78, 5) is 17.4. The number of amides is 1. The van der Waals surface area contributed by atoms with Crippen molar-refractivity contribution in [1.29, 1.82) is 0 Å². The number of ether oxygens (including phenoxy) is 2. The molecule has 1 aromatic heterocycles. The highest BCUT2D eigenvalue weighted by molar-refractivity contribution is 7.13. The Morgan fingerprint density at radius 1 is 0.909 bits per heavy atom. The maximum absolute atomic E-state index is 12.7. The fourth-order valence-electron chi connectivity index (χ4n) is 3.73. The standard InChI is InChI=1S/C27H26N2O3S/c1-31-24-14-13-21(15-25(24)32-2)27-29-22(18-33-27)16-26(30)28-17-23(19-9-5-3-6-10-19)20-11-7-4-8-12-20/h3-15,18,23H,16-17H2,1-2H3,(H,28,30). The Labute approximate surface area is 198 Å². The predicted octanol–water partition coefficient (Wildman–Crippen LogP) is 5.32. The molecule has 168 valence electrons. The van der Waals surface area contributed by atoms with E-state index in [0.29, 0.717) is 18.0 Å². The molecule has 0 spiro atoms. The second kappa shape index (κ2) is 10.8. The number of rotatable bonds is 9. The molecule has 5 nitrogen and oxygen atoms in total. The number of carbonyl (C=O) groups excluding carboxylic acids is 1. The summed E-state index contributed by atoms with van der Waals surface area (Å²) in [6.07, 6.45) is 0.236. The summed E-state index contributed by atoms with van der Waals surface area (Å²) in [5.74, 6) is 1.37. The number of benzene rings is 3. The minimum atomic E-state index is -0.0453. The summed E-state index contributed by atoms with van der Waals surface area (Å²) in [5, 5.41) is 5.87. The minimum absolute atomic E-state index is 0.0453. The molecule has 0 atom stereocenters. The summed E-state index contributed by atoms with van der Waals surface area (Å²) in [5.41, 5.74) is 4.03. The van der Waals surface area contributed by atoms with Gasteiger partial charge in [-0.15, -0.1) is 11.3 Å². The lowest BCUT2D eigenvalue weighted by molar-refractivity contribution is -0.120. The molecule has 0 aliphatic rings. The van der Waals surface area contributed by atoms with E-state index < -0.39 is 0 Å². The van der Waals surface area contributed by atoms with Crippen molar-refractivity contribution in [3.63, 3.8) is 0 Å². The number of thiazole rings is 1. The smallest absolute Gasteiger partial charge is 0.226 e. The fraction of sp³-hybridized carbons (Fsp3) is 0.185. The average Bonchev–Trinajstić information content (AvgIpc) is 3.33. The van der Waals surface area contributed by atoms with Crippen LogP contribution >= 0.6 is 11.3 Å². The Hall–Kier alpha value is -3.64. The van der Waals surface area contributed by atoms with Gasteiger partial charge in [0.25, 0.3) is 0 Å². The summed E-state index contributed by atoms with van der Waals surface area (Å²) < 4.78 is 10.7. The van der Waals surface area contributed by atoms with Crippen LogP contribution in [0.3, 0.4) is 0 Å². The van der Waals surface area contributed by atoms with Crippen LogP contribution in [0.25, 0.3) is 10.6 Å². The predicted molar refractivity (Wildman–Crippen MR) is 132 cm³/mol. The summed E-state index contributed by atoms with van der Waals surface area (Å²) in [6.45, 7) is 0.527. The number of aromatic nitrogens is 1. The summed E-state index contributed by atoms with van der Waals surface area (Å²) in [7, 11) is 3.22. The fourth-order valence-corrected chi connectivity index (χ4v) is 4.55. The van der Waals surface area contributed by atoms with Gasteiger partial charge in [0.05, 0.1) is 26.3 Å². The maximum Gasteiger partial charge on any atom is 0.226 e. The zero-order valence-corrected chi connectivity index (χ0v) is 19.5. The van der Waals surface area contributed by atoms with Gasteiger partial charge in [-0.2, -0.15) is 0 Å². The van der Waals surface area contributed by atoms with Gasteiger partial charge in [-0.25, -0.2) is 4.98 Å². The third-order valence-corrected chi connectivity index (χ3v) is 6.37. The lowest BCUT2D eigenvalue weighted by atomic mass is 9.91. The van der Waals surface area contributed by atoms with E-state index >= 15 is 0 Å². The van der Waals surface area contributed by atoms with E-state index in [9.17, 15) is 4.79 Å². The minimum Gasteiger partial charge on any atom is -0.493 e. The molecule has 4 aromatic rings. The van der Waals surface area contributed by atoms with Crippen LogP contribution in [-0.2, 0) is 11.2 Å². The lowest BCUT2D eigenvalue weighted by Gasteiger charge is -2.18. The molecule has 0 unspecified atom stereocenters. The SMILES string of the molecule is COc1ccc(-c2nc(CC(=O)NCC(c3ccccc3)c3ccccc3)cs2)cc1OC. The molecule has 3 aromatic carbocycles. The van der Waals surface area contributed by atoms with Gasteiger partial charge < -0.3 is 14.8 Å². The number of nitrogens with one attached hydrogen (secondary N) is 1. The van der Waals surface area contributed by atoms with Crippen molar-refractivity contribution in [3.8, 4) is 22.1 Å². The van der Waals surface area contributed by atoms with Crippen LogP contribution < -0.4 is 14.8 Å². The van der Waals surface area contributed by atoms with Gasteiger partial charge in [0.2, 0.25) is 5.91 Å². The maximum atomic E-state index is 12.7. The highest BCUT2D eigenvalue weighted by Crippen LogP contribution is 2.33. The van der Waals surface area contributed by atoms with Gasteiger partial charge >= 0.3 is 0 Å². The molecular weight excluding hydrogens is 432 g/mol. The van der Waals surface area contributed by atoms with Gasteiger partial charge in [-0.05, 0) is 29.3 Å². The molecule has 0 radical (unpaired) electrons. The third kappa shape index (κ3) is 5.59. The Balaban J connectivity index is 1.42. The Bertz CT molecular complexity index is 1150. The highest BCUT2D eigenvalue weighted by Gasteiger charge is 2.16. The number of methoxy groups -OCH3 is 2. The molecule has 4 rings (SSSR count). The van der Waals surface area contributed by atoms with Gasteiger partial charge in [-0.3, -0.25) is 4.79 Å². The zero-order valence-electron chi connectivity index (χ0n) is 18.7. The van der Waals surface area contributed by atoms with Crippen LogP contribution in [0, 0.1) is 0 Å². The lowest BCUT2D eigenvalue weighted by Crippen LogP contribution is -2.30. The van der Waals surface area contributed by atoms with Crippen molar-refractivity contribution >= 4 is 17.2 Å². The highest BCUT2D eigenvalue weighted by atomic mass is 32.1. The van der Waals surface area contributed by atoms with Crippen molar-refractivity contribution < 1.29 is 14.3 Å². The van der Waals surface area contributed by atoms with E-state index in [2.05, 4.69) is 34.6 Å². The van der Waals surface area contributed by atoms with Crippen molar-refractivity contribution in [2.45, 2.75) is 12.3 Å². The van der Waals surface area contributed by atoms with E-state index in [1.54, 1.807) is 14.2 Å². The molecule has 0 fully saturated rings. The molecule has 1 amide bonds. The largest absolute Gasteiger partial charge is 0.493 e. The molecule has 0 saturated heterocycles. The monoisotopic (exact) mass is 458 g/mol. The van der Waals surface area contributed by atoms with Crippen LogP contribution in [0.2, 0.25) is 0 Å². The number of hydrogen-bond donors (Lipinski definition) is 1. The van der Waals surface area contributed by atoms with Crippen molar-refractivity contribution in [2.75, 3.05) is 20.8 Å². The number of hydrogen-bond acceptors (Lipinski definition) is 5. The van der Waals surface area contributed by atoms with E-state index in [4.69, 9.17) is 9.47 Å². The normalized spacial score (nSPS) is 10.8. The first kappa shape index (κ1) is 22.6. The molecular formula is C27H26N2O3S. The van der Waals surface area contributed by atoms with E-state index in [1.807, 2.05) is 60.0 Å². The van der Waals surface area contributed by atoms with Crippen LogP contribution in [0.4, 0.5) is 0 Å². The van der Waals surface area contributed by atoms with Crippen LogP contribution in [-0.4, -0.2) is 31.7 Å². The molecule has 6 heteroatoms. The molecule has 0 aliphatic carbocycles. The quantitative estimate of drug-likeness (QED) is 0.369. The first-order chi connectivity index (χ1) is 16.2. The summed E-state index contributed by atoms with van der Waals surface area (Å²) in [6, 6.07) is 26.2. The Kier molecular flexibility index (Phi) is 7.37.